The number of carbonyl (C=O) groups excluding carboxylic acids is 1. The number of carbonyl (C=O) groups is 2. The summed E-state index contributed by atoms with van der Waals surface area (Å²) in [4.78, 5) is 32.1. The Morgan fingerprint density at radius 1 is 1.22 bits per heavy atom. The molecule has 1 saturated carbocycles. The van der Waals surface area contributed by atoms with Gasteiger partial charge in [0.2, 0.25) is 0 Å². The summed E-state index contributed by atoms with van der Waals surface area (Å²) in [5.41, 5.74) is 0.579. The van der Waals surface area contributed by atoms with E-state index in [2.05, 4.69) is 15.2 Å². The summed E-state index contributed by atoms with van der Waals surface area (Å²) in [6, 6.07) is 4.13. The van der Waals surface area contributed by atoms with Crippen molar-refractivity contribution < 1.29 is 14.7 Å². The van der Waals surface area contributed by atoms with E-state index in [1.165, 1.54) is 25.7 Å². The molecular formula is C20H30N4O3. The van der Waals surface area contributed by atoms with Crippen LogP contribution >= 0.6 is 0 Å². The van der Waals surface area contributed by atoms with Crippen molar-refractivity contribution in [3.63, 3.8) is 0 Å². The van der Waals surface area contributed by atoms with Crippen LogP contribution in [0.25, 0.3) is 0 Å². The molecule has 7 nitrogen and oxygen atoms in total. The first-order chi connectivity index (χ1) is 13.1. The molecule has 27 heavy (non-hydrogen) atoms. The van der Waals surface area contributed by atoms with Crippen LogP contribution in [0.1, 0.15) is 55.8 Å². The first-order valence-corrected chi connectivity index (χ1v) is 10.0. The highest BCUT2D eigenvalue weighted by Gasteiger charge is 2.34. The number of carboxylic acid groups (broad SMARTS) is 1. The summed E-state index contributed by atoms with van der Waals surface area (Å²) in [5, 5.41) is 12.0. The normalized spacial score (nSPS) is 22.8. The Morgan fingerprint density at radius 2 is 1.93 bits per heavy atom. The molecule has 2 fully saturated rings. The number of likely N-dealkylation sites (N-methyl/N-ethyl adjacent to an activating group) is 1. The Labute approximate surface area is 160 Å². The molecular weight excluding hydrogens is 344 g/mol. The number of aliphatic carboxylic acids is 1. The molecule has 3 rings (SSSR count). The summed E-state index contributed by atoms with van der Waals surface area (Å²) in [5.74, 6) is 0.0407. The monoisotopic (exact) mass is 374 g/mol. The maximum Gasteiger partial charge on any atom is 0.317 e. The first kappa shape index (κ1) is 19.6. The zero-order chi connectivity index (χ0) is 19.2. The van der Waals surface area contributed by atoms with E-state index in [0.717, 1.165) is 31.7 Å². The number of nitrogens with one attached hydrogen (secondary N) is 1. The predicted octanol–water partition coefficient (Wildman–Crippen LogP) is 2.13. The van der Waals surface area contributed by atoms with E-state index in [4.69, 9.17) is 5.11 Å². The lowest BCUT2D eigenvalue weighted by Gasteiger charge is -2.42. The molecule has 2 heterocycles. The number of nitrogens with zero attached hydrogens (tertiary/aromatic N) is 3. The molecule has 148 valence electrons. The third-order valence-corrected chi connectivity index (χ3v) is 5.65. The van der Waals surface area contributed by atoms with E-state index in [1.54, 1.807) is 6.20 Å². The van der Waals surface area contributed by atoms with Crippen LogP contribution in [0.15, 0.2) is 18.3 Å². The molecule has 1 aromatic heterocycles. The smallest absolute Gasteiger partial charge is 0.317 e. The summed E-state index contributed by atoms with van der Waals surface area (Å²) < 4.78 is 0. The first-order valence-electron chi connectivity index (χ1n) is 10.0. The maximum absolute atomic E-state index is 12.4. The lowest BCUT2D eigenvalue weighted by molar-refractivity contribution is -0.139. The molecule has 2 N–H and O–H groups in total. The van der Waals surface area contributed by atoms with Gasteiger partial charge >= 0.3 is 5.97 Å². The van der Waals surface area contributed by atoms with E-state index >= 15 is 0 Å². The Hall–Kier alpha value is -2.15. The van der Waals surface area contributed by atoms with E-state index in [1.807, 2.05) is 24.0 Å². The fourth-order valence-corrected chi connectivity index (χ4v) is 3.95. The Bertz CT molecular complexity index is 635. The van der Waals surface area contributed by atoms with Gasteiger partial charge < -0.3 is 15.3 Å². The summed E-state index contributed by atoms with van der Waals surface area (Å²) in [6.07, 6.45) is 8.21. The second-order valence-electron chi connectivity index (χ2n) is 7.56. The maximum atomic E-state index is 12.4. The quantitative estimate of drug-likeness (QED) is 0.760. The van der Waals surface area contributed by atoms with Gasteiger partial charge in [0, 0.05) is 31.4 Å². The molecule has 1 aliphatic carbocycles. The minimum atomic E-state index is -0.806. The highest BCUT2D eigenvalue weighted by Crippen LogP contribution is 2.26. The molecule has 2 aliphatic rings. The number of carboxylic acids is 1. The van der Waals surface area contributed by atoms with Crippen molar-refractivity contribution >= 4 is 17.7 Å². The molecule has 0 radical (unpaired) electrons. The van der Waals surface area contributed by atoms with Crippen molar-refractivity contribution in [1.82, 2.24) is 15.2 Å². The van der Waals surface area contributed by atoms with Gasteiger partial charge in [-0.05, 0) is 44.4 Å². The predicted molar refractivity (Wildman–Crippen MR) is 104 cm³/mol. The average Bonchev–Trinajstić information content (AvgIpc) is 2.92. The average molecular weight is 374 g/mol. The topological polar surface area (TPSA) is 85.8 Å². The zero-order valence-electron chi connectivity index (χ0n) is 16.1. The summed E-state index contributed by atoms with van der Waals surface area (Å²) >= 11 is 0. The van der Waals surface area contributed by atoms with Gasteiger partial charge in [-0.25, -0.2) is 4.98 Å². The van der Waals surface area contributed by atoms with Crippen molar-refractivity contribution in [2.45, 2.75) is 57.5 Å². The lowest BCUT2D eigenvalue weighted by Crippen LogP contribution is -2.54. The fourth-order valence-electron chi connectivity index (χ4n) is 3.95. The van der Waals surface area contributed by atoms with Gasteiger partial charge in [-0.15, -0.1) is 0 Å². The van der Waals surface area contributed by atoms with Gasteiger partial charge in [0.1, 0.15) is 5.82 Å². The molecule has 1 aromatic rings. The van der Waals surface area contributed by atoms with Crippen LogP contribution in [0.2, 0.25) is 0 Å². The van der Waals surface area contributed by atoms with E-state index in [9.17, 15) is 9.59 Å². The fraction of sp³-hybridized carbons (Fsp3) is 0.650. The highest BCUT2D eigenvalue weighted by molar-refractivity contribution is 5.94. The van der Waals surface area contributed by atoms with Gasteiger partial charge in [-0.3, -0.25) is 14.5 Å². The van der Waals surface area contributed by atoms with Crippen molar-refractivity contribution in [3.05, 3.63) is 23.9 Å². The number of hydrogen-bond donors (Lipinski definition) is 2. The van der Waals surface area contributed by atoms with Crippen LogP contribution in [0.5, 0.6) is 0 Å². The van der Waals surface area contributed by atoms with E-state index in [-0.39, 0.29) is 24.5 Å². The van der Waals surface area contributed by atoms with Crippen LogP contribution in [-0.2, 0) is 4.79 Å². The minimum absolute atomic E-state index is 0.0592. The summed E-state index contributed by atoms with van der Waals surface area (Å²) in [6.45, 7) is 4.80. The van der Waals surface area contributed by atoms with Crippen molar-refractivity contribution in [2.24, 2.45) is 0 Å². The van der Waals surface area contributed by atoms with Crippen LogP contribution in [0.3, 0.4) is 0 Å². The second-order valence-corrected chi connectivity index (χ2v) is 7.56. The molecule has 1 amide bonds. The number of hydrogen-bond acceptors (Lipinski definition) is 5. The molecule has 0 aromatic carbocycles. The number of rotatable bonds is 7. The van der Waals surface area contributed by atoms with Gasteiger partial charge in [0.25, 0.3) is 5.91 Å². The van der Waals surface area contributed by atoms with Gasteiger partial charge in [-0.1, -0.05) is 19.8 Å². The molecule has 1 aliphatic heterocycles. The number of pyridine rings is 1. The largest absolute Gasteiger partial charge is 0.480 e. The van der Waals surface area contributed by atoms with E-state index < -0.39 is 5.97 Å². The molecule has 1 saturated heterocycles. The van der Waals surface area contributed by atoms with Crippen molar-refractivity contribution in [3.8, 4) is 0 Å². The molecule has 0 unspecified atom stereocenters. The number of amides is 1. The summed E-state index contributed by atoms with van der Waals surface area (Å²) in [7, 11) is 0. The second kappa shape index (κ2) is 9.17. The van der Waals surface area contributed by atoms with Gasteiger partial charge in [0.05, 0.1) is 12.1 Å². The minimum Gasteiger partial charge on any atom is -0.480 e. The SMILES string of the molecule is CCN(CC(=O)O)C1CC(NC(=O)c2ccc(N3CCCCCC3)nc2)C1. The third-order valence-electron chi connectivity index (χ3n) is 5.65. The van der Waals surface area contributed by atoms with Crippen molar-refractivity contribution in [1.29, 1.82) is 0 Å². The van der Waals surface area contributed by atoms with Crippen LogP contribution in [0, 0.1) is 0 Å². The Morgan fingerprint density at radius 3 is 2.48 bits per heavy atom. The van der Waals surface area contributed by atoms with Crippen LogP contribution in [0.4, 0.5) is 5.82 Å². The number of anilines is 1. The molecule has 0 spiro atoms. The Kier molecular flexibility index (Phi) is 6.66. The van der Waals surface area contributed by atoms with Crippen LogP contribution < -0.4 is 10.2 Å². The third kappa shape index (κ3) is 5.19. The molecule has 0 atom stereocenters. The molecule has 0 bridgehead atoms. The Balaban J connectivity index is 1.48. The standard InChI is InChI=1S/C20H30N4O3/c1-2-23(14-19(25)26)17-11-16(12-17)22-20(27)15-7-8-18(21-13-15)24-9-5-3-4-6-10-24/h7-8,13,16-17H,2-6,9-12,14H2,1H3,(H,22,27)(H,25,26). The number of aromatic nitrogens is 1. The highest BCUT2D eigenvalue weighted by atomic mass is 16.4. The van der Waals surface area contributed by atoms with Gasteiger partial charge in [-0.2, -0.15) is 0 Å². The lowest BCUT2D eigenvalue weighted by atomic mass is 9.85. The van der Waals surface area contributed by atoms with E-state index in [0.29, 0.717) is 12.1 Å². The molecule has 7 heteroatoms. The zero-order valence-corrected chi connectivity index (χ0v) is 16.1. The van der Waals surface area contributed by atoms with Crippen molar-refractivity contribution in [2.75, 3.05) is 31.1 Å². The van der Waals surface area contributed by atoms with Gasteiger partial charge in [0.15, 0.2) is 0 Å². The van der Waals surface area contributed by atoms with Crippen LogP contribution in [-0.4, -0.2) is 65.1 Å².